The molecule has 3 nitrogen and oxygen atoms in total. The van der Waals surface area contributed by atoms with Gasteiger partial charge >= 0.3 is 5.76 Å². The first-order valence-electron chi connectivity index (χ1n) is 6.89. The van der Waals surface area contributed by atoms with E-state index in [9.17, 15) is 4.79 Å². The van der Waals surface area contributed by atoms with E-state index in [4.69, 9.17) is 16.6 Å². The van der Waals surface area contributed by atoms with Crippen molar-refractivity contribution >= 4 is 39.1 Å². The summed E-state index contributed by atoms with van der Waals surface area (Å²) in [7, 11) is 0. The summed E-state index contributed by atoms with van der Waals surface area (Å²) in [6.45, 7) is 0. The van der Waals surface area contributed by atoms with Crippen molar-refractivity contribution in [2.75, 3.05) is 0 Å². The Morgan fingerprint density at radius 3 is 2.55 bits per heavy atom. The first-order chi connectivity index (χ1) is 10.8. The number of benzene rings is 3. The van der Waals surface area contributed by atoms with Gasteiger partial charge in [0.2, 0.25) is 0 Å². The molecule has 0 N–H and O–H groups in total. The molecule has 0 radical (unpaired) electrons. The van der Waals surface area contributed by atoms with E-state index in [1.807, 2.05) is 60.7 Å². The molecule has 106 valence electrons. The third-order valence-electron chi connectivity index (χ3n) is 3.71. The van der Waals surface area contributed by atoms with Crippen LogP contribution in [0.4, 0.5) is 0 Å². The van der Waals surface area contributed by atoms with E-state index in [-0.39, 0.29) is 0 Å². The van der Waals surface area contributed by atoms with Crippen LogP contribution in [0, 0.1) is 0 Å². The van der Waals surface area contributed by atoms with E-state index in [0.717, 1.165) is 16.3 Å². The number of hydrogen-bond acceptors (Lipinski definition) is 3. The van der Waals surface area contributed by atoms with Crippen molar-refractivity contribution in [3.8, 4) is 0 Å². The SMILES string of the molecule is O=c1oc2ccccc2n1C(=S)c1cccc2ccccc12. The molecule has 0 unspecified atom stereocenters. The minimum absolute atomic E-state index is 0.451. The molecule has 0 saturated carbocycles. The van der Waals surface area contributed by atoms with E-state index in [2.05, 4.69) is 0 Å². The molecule has 0 atom stereocenters. The van der Waals surface area contributed by atoms with Crippen molar-refractivity contribution < 1.29 is 4.42 Å². The highest BCUT2D eigenvalue weighted by Gasteiger charge is 2.15. The fraction of sp³-hybridized carbons (Fsp3) is 0. The van der Waals surface area contributed by atoms with Gasteiger partial charge < -0.3 is 4.42 Å². The third kappa shape index (κ3) is 1.89. The van der Waals surface area contributed by atoms with Gasteiger partial charge in [-0.15, -0.1) is 0 Å². The topological polar surface area (TPSA) is 35.1 Å². The van der Waals surface area contributed by atoms with Gasteiger partial charge in [0.25, 0.3) is 0 Å². The quantitative estimate of drug-likeness (QED) is 0.499. The highest BCUT2D eigenvalue weighted by molar-refractivity contribution is 7.80. The van der Waals surface area contributed by atoms with Crippen molar-refractivity contribution in [2.45, 2.75) is 0 Å². The Labute approximate surface area is 131 Å². The molecule has 0 aliphatic heterocycles. The van der Waals surface area contributed by atoms with Crippen LogP contribution < -0.4 is 5.76 Å². The lowest BCUT2D eigenvalue weighted by Crippen LogP contribution is -2.22. The molecular weight excluding hydrogens is 294 g/mol. The minimum Gasteiger partial charge on any atom is -0.407 e. The lowest BCUT2D eigenvalue weighted by Gasteiger charge is -2.08. The number of nitrogens with zero attached hydrogens (tertiary/aromatic N) is 1. The van der Waals surface area contributed by atoms with Crippen molar-refractivity contribution in [1.29, 1.82) is 0 Å². The molecular formula is C18H11NO2S. The fourth-order valence-corrected chi connectivity index (χ4v) is 3.04. The maximum atomic E-state index is 12.2. The number of para-hydroxylation sites is 2. The third-order valence-corrected chi connectivity index (χ3v) is 4.11. The van der Waals surface area contributed by atoms with Crippen LogP contribution in [0.2, 0.25) is 0 Å². The van der Waals surface area contributed by atoms with E-state index in [0.29, 0.717) is 16.1 Å². The number of thiocarbonyl (C=S) groups is 1. The summed E-state index contributed by atoms with van der Waals surface area (Å²) in [4.78, 5) is 12.6. The first kappa shape index (κ1) is 13.0. The highest BCUT2D eigenvalue weighted by Crippen LogP contribution is 2.21. The van der Waals surface area contributed by atoms with Crippen molar-refractivity contribution in [1.82, 2.24) is 4.57 Å². The molecule has 3 aromatic carbocycles. The maximum absolute atomic E-state index is 12.2. The Balaban J connectivity index is 2.01. The Kier molecular flexibility index (Phi) is 2.91. The lowest BCUT2D eigenvalue weighted by molar-refractivity contribution is 0.546. The molecule has 0 aliphatic rings. The second-order valence-corrected chi connectivity index (χ2v) is 5.39. The highest BCUT2D eigenvalue weighted by atomic mass is 32.1. The van der Waals surface area contributed by atoms with Crippen LogP contribution in [0.15, 0.2) is 75.9 Å². The van der Waals surface area contributed by atoms with Crippen molar-refractivity contribution in [3.05, 3.63) is 82.8 Å². The smallest absolute Gasteiger partial charge is 0.407 e. The minimum atomic E-state index is -0.459. The largest absolute Gasteiger partial charge is 0.425 e. The van der Waals surface area contributed by atoms with Crippen LogP contribution in [-0.2, 0) is 0 Å². The number of hydrogen-bond donors (Lipinski definition) is 0. The second kappa shape index (κ2) is 4.93. The van der Waals surface area contributed by atoms with Gasteiger partial charge in [-0.1, -0.05) is 66.8 Å². The summed E-state index contributed by atoms with van der Waals surface area (Å²) in [6, 6.07) is 21.2. The van der Waals surface area contributed by atoms with Crippen LogP contribution in [0.5, 0.6) is 0 Å². The predicted molar refractivity (Wildman–Crippen MR) is 91.5 cm³/mol. The Hall–Kier alpha value is -2.72. The van der Waals surface area contributed by atoms with Gasteiger partial charge in [-0.05, 0) is 22.9 Å². The van der Waals surface area contributed by atoms with Crippen molar-refractivity contribution in [3.63, 3.8) is 0 Å². The van der Waals surface area contributed by atoms with Crippen LogP contribution in [0.3, 0.4) is 0 Å². The number of fused-ring (bicyclic) bond motifs is 2. The van der Waals surface area contributed by atoms with E-state index < -0.39 is 5.76 Å². The molecule has 0 aliphatic carbocycles. The summed E-state index contributed by atoms with van der Waals surface area (Å²) in [5, 5.41) is 2.11. The summed E-state index contributed by atoms with van der Waals surface area (Å²) >= 11 is 5.59. The van der Waals surface area contributed by atoms with E-state index in [1.54, 1.807) is 6.07 Å². The molecule has 4 heteroatoms. The molecule has 4 rings (SSSR count). The van der Waals surface area contributed by atoms with Gasteiger partial charge in [-0.2, -0.15) is 0 Å². The lowest BCUT2D eigenvalue weighted by atomic mass is 10.0. The normalized spacial score (nSPS) is 11.1. The molecule has 0 bridgehead atoms. The van der Waals surface area contributed by atoms with Crippen LogP contribution in [0.1, 0.15) is 5.56 Å². The molecule has 0 spiro atoms. The summed E-state index contributed by atoms with van der Waals surface area (Å²) in [5.74, 6) is -0.459. The van der Waals surface area contributed by atoms with Gasteiger partial charge in [-0.3, -0.25) is 0 Å². The summed E-state index contributed by atoms with van der Waals surface area (Å²) < 4.78 is 6.72. The predicted octanol–water partition coefficient (Wildman–Crippen LogP) is 3.97. The zero-order chi connectivity index (χ0) is 15.1. The molecule has 0 fully saturated rings. The van der Waals surface area contributed by atoms with Crippen LogP contribution >= 0.6 is 12.2 Å². The maximum Gasteiger partial charge on any atom is 0.425 e. The average molecular weight is 305 g/mol. The number of aromatic nitrogens is 1. The van der Waals surface area contributed by atoms with E-state index >= 15 is 0 Å². The molecule has 1 heterocycles. The fourth-order valence-electron chi connectivity index (χ4n) is 2.69. The first-order valence-corrected chi connectivity index (χ1v) is 7.29. The standard InChI is InChI=1S/C18H11NO2S/c20-18-19(15-10-3-4-11-16(15)21-18)17(22)14-9-5-7-12-6-1-2-8-13(12)14/h1-11H. The van der Waals surface area contributed by atoms with Crippen molar-refractivity contribution in [2.24, 2.45) is 0 Å². The van der Waals surface area contributed by atoms with Gasteiger partial charge in [0.05, 0.1) is 5.52 Å². The van der Waals surface area contributed by atoms with Gasteiger partial charge in [0.1, 0.15) is 4.99 Å². The monoisotopic (exact) mass is 305 g/mol. The molecule has 0 saturated heterocycles. The Bertz CT molecular complexity index is 1070. The van der Waals surface area contributed by atoms with Crippen LogP contribution in [-0.4, -0.2) is 9.56 Å². The summed E-state index contributed by atoms with van der Waals surface area (Å²) in [6.07, 6.45) is 0. The number of rotatable bonds is 1. The number of oxazole rings is 1. The molecule has 1 aromatic heterocycles. The zero-order valence-corrected chi connectivity index (χ0v) is 12.3. The molecule has 22 heavy (non-hydrogen) atoms. The van der Waals surface area contributed by atoms with Crippen LogP contribution in [0.25, 0.3) is 21.9 Å². The molecule has 4 aromatic rings. The average Bonchev–Trinajstić information content (AvgIpc) is 2.89. The van der Waals surface area contributed by atoms with Gasteiger partial charge in [0.15, 0.2) is 5.58 Å². The van der Waals surface area contributed by atoms with E-state index in [1.165, 1.54) is 4.57 Å². The second-order valence-electron chi connectivity index (χ2n) is 5.00. The molecule has 0 amide bonds. The zero-order valence-electron chi connectivity index (χ0n) is 11.5. The van der Waals surface area contributed by atoms with Gasteiger partial charge in [-0.25, -0.2) is 9.36 Å². The summed E-state index contributed by atoms with van der Waals surface area (Å²) in [5.41, 5.74) is 2.07. The Morgan fingerprint density at radius 2 is 1.64 bits per heavy atom. The van der Waals surface area contributed by atoms with Gasteiger partial charge in [0, 0.05) is 5.56 Å². The Morgan fingerprint density at radius 1 is 0.909 bits per heavy atom.